The molecule has 2 aromatic carbocycles. The van der Waals surface area contributed by atoms with Gasteiger partial charge >= 0.3 is 5.97 Å². The highest BCUT2D eigenvalue weighted by Crippen LogP contribution is 2.26. The van der Waals surface area contributed by atoms with Crippen molar-refractivity contribution in [3.63, 3.8) is 0 Å². The number of amides is 2. The summed E-state index contributed by atoms with van der Waals surface area (Å²) in [6.45, 7) is 3.82. The molecule has 6 nitrogen and oxygen atoms in total. The van der Waals surface area contributed by atoms with Gasteiger partial charge in [-0.25, -0.2) is 4.39 Å². The van der Waals surface area contributed by atoms with E-state index in [2.05, 4.69) is 5.32 Å². The van der Waals surface area contributed by atoms with Crippen LogP contribution in [0.3, 0.4) is 0 Å². The number of likely N-dealkylation sites (tertiary alicyclic amines) is 1. The number of aliphatic carboxylic acids is 1. The molecule has 1 heterocycles. The third-order valence-corrected chi connectivity index (χ3v) is 5.34. The second-order valence-corrected chi connectivity index (χ2v) is 7.38. The summed E-state index contributed by atoms with van der Waals surface area (Å²) in [7, 11) is 0. The summed E-state index contributed by atoms with van der Waals surface area (Å²) in [5.74, 6) is -3.01. The van der Waals surface area contributed by atoms with E-state index in [0.717, 1.165) is 5.56 Å². The van der Waals surface area contributed by atoms with Crippen LogP contribution >= 0.6 is 0 Å². The zero-order valence-corrected chi connectivity index (χ0v) is 16.3. The van der Waals surface area contributed by atoms with Gasteiger partial charge in [-0.05, 0) is 56.5 Å². The molecule has 0 spiro atoms. The van der Waals surface area contributed by atoms with Crippen molar-refractivity contribution in [1.82, 2.24) is 4.90 Å². The third kappa shape index (κ3) is 4.45. The van der Waals surface area contributed by atoms with E-state index in [9.17, 15) is 23.9 Å². The van der Waals surface area contributed by atoms with E-state index in [-0.39, 0.29) is 24.1 Å². The van der Waals surface area contributed by atoms with Gasteiger partial charge in [0.25, 0.3) is 11.8 Å². The average Bonchev–Trinajstić information content (AvgIpc) is 2.69. The summed E-state index contributed by atoms with van der Waals surface area (Å²) < 4.78 is 13.9. The quantitative estimate of drug-likeness (QED) is 0.822. The normalized spacial score (nSPS) is 18.9. The predicted molar refractivity (Wildman–Crippen MR) is 106 cm³/mol. The van der Waals surface area contributed by atoms with Crippen molar-refractivity contribution in [2.75, 3.05) is 11.9 Å². The lowest BCUT2D eigenvalue weighted by Gasteiger charge is -2.36. The molecule has 152 valence electrons. The van der Waals surface area contributed by atoms with E-state index >= 15 is 0 Å². The summed E-state index contributed by atoms with van der Waals surface area (Å²) in [5, 5.41) is 11.9. The highest BCUT2D eigenvalue weighted by Gasteiger charge is 2.33. The van der Waals surface area contributed by atoms with Crippen molar-refractivity contribution in [1.29, 1.82) is 0 Å². The van der Waals surface area contributed by atoms with Crippen molar-refractivity contribution >= 4 is 23.5 Å². The average molecular weight is 398 g/mol. The monoisotopic (exact) mass is 398 g/mol. The molecule has 2 amide bonds. The highest BCUT2D eigenvalue weighted by atomic mass is 19.1. The van der Waals surface area contributed by atoms with E-state index in [1.165, 1.54) is 18.2 Å². The Morgan fingerprint density at radius 3 is 2.55 bits per heavy atom. The van der Waals surface area contributed by atoms with Crippen LogP contribution in [0.15, 0.2) is 42.5 Å². The number of aryl methyl sites for hydroxylation is 1. The van der Waals surface area contributed by atoms with Crippen LogP contribution in [-0.4, -0.2) is 40.4 Å². The molecule has 1 saturated heterocycles. The molecule has 2 atom stereocenters. The van der Waals surface area contributed by atoms with Crippen molar-refractivity contribution in [3.05, 3.63) is 65.0 Å². The SMILES string of the molecule is Cc1ccc(C(=O)N2CC(C(=O)O)CCC2C)cc1NC(=O)c1ccccc1F. The van der Waals surface area contributed by atoms with E-state index < -0.39 is 23.6 Å². The number of carboxylic acids is 1. The lowest BCUT2D eigenvalue weighted by molar-refractivity contribution is -0.143. The van der Waals surface area contributed by atoms with Crippen LogP contribution in [0.5, 0.6) is 0 Å². The molecule has 2 N–H and O–H groups in total. The van der Waals surface area contributed by atoms with Gasteiger partial charge in [-0.15, -0.1) is 0 Å². The molecular formula is C22H23FN2O4. The molecule has 3 rings (SSSR count). The van der Waals surface area contributed by atoms with Gasteiger partial charge in [-0.3, -0.25) is 14.4 Å². The van der Waals surface area contributed by atoms with Crippen LogP contribution < -0.4 is 5.32 Å². The lowest BCUT2D eigenvalue weighted by atomic mass is 9.92. The van der Waals surface area contributed by atoms with Gasteiger partial charge in [0.1, 0.15) is 5.82 Å². The number of carbonyl (C=O) groups excluding carboxylic acids is 2. The highest BCUT2D eigenvalue weighted by molar-refractivity contribution is 6.05. The molecule has 0 saturated carbocycles. The number of carbonyl (C=O) groups is 3. The molecule has 2 unspecified atom stereocenters. The summed E-state index contributed by atoms with van der Waals surface area (Å²) in [5.41, 5.74) is 1.39. The summed E-state index contributed by atoms with van der Waals surface area (Å²) in [6, 6.07) is 10.5. The van der Waals surface area contributed by atoms with E-state index in [1.807, 2.05) is 6.92 Å². The first kappa shape index (κ1) is 20.5. The molecule has 1 aliphatic heterocycles. The zero-order valence-electron chi connectivity index (χ0n) is 16.3. The first-order valence-corrected chi connectivity index (χ1v) is 9.48. The maximum absolute atomic E-state index is 13.9. The maximum Gasteiger partial charge on any atom is 0.308 e. The Bertz CT molecular complexity index is 960. The van der Waals surface area contributed by atoms with Crippen LogP contribution in [0.2, 0.25) is 0 Å². The number of nitrogens with one attached hydrogen (secondary N) is 1. The van der Waals surface area contributed by atoms with E-state index in [0.29, 0.717) is 24.1 Å². The molecule has 29 heavy (non-hydrogen) atoms. The summed E-state index contributed by atoms with van der Waals surface area (Å²) >= 11 is 0. The number of piperidine rings is 1. The Morgan fingerprint density at radius 2 is 1.86 bits per heavy atom. The number of hydrogen-bond donors (Lipinski definition) is 2. The molecule has 0 aliphatic carbocycles. The second-order valence-electron chi connectivity index (χ2n) is 7.38. The van der Waals surface area contributed by atoms with Crippen LogP contribution in [0.4, 0.5) is 10.1 Å². The molecule has 0 bridgehead atoms. The minimum Gasteiger partial charge on any atom is -0.481 e. The fraction of sp³-hybridized carbons (Fsp3) is 0.318. The Labute approximate surface area is 168 Å². The number of anilines is 1. The number of carboxylic acid groups (broad SMARTS) is 1. The standard InChI is InChI=1S/C22H23FN2O4/c1-13-7-9-15(21(27)25-12-16(22(28)29)10-8-14(25)2)11-19(13)24-20(26)17-5-3-4-6-18(17)23/h3-7,9,11,14,16H,8,10,12H2,1-2H3,(H,24,26)(H,28,29). The predicted octanol–water partition coefficient (Wildman–Crippen LogP) is 3.71. The van der Waals surface area contributed by atoms with Crippen LogP contribution in [0.1, 0.15) is 46.0 Å². The largest absolute Gasteiger partial charge is 0.481 e. The fourth-order valence-electron chi connectivity index (χ4n) is 3.48. The number of nitrogens with zero attached hydrogens (tertiary/aromatic N) is 1. The molecule has 1 aliphatic rings. The molecule has 1 fully saturated rings. The minimum atomic E-state index is -0.906. The Morgan fingerprint density at radius 1 is 1.14 bits per heavy atom. The Kier molecular flexibility index (Phi) is 5.96. The topological polar surface area (TPSA) is 86.7 Å². The Hall–Kier alpha value is -3.22. The van der Waals surface area contributed by atoms with Crippen molar-refractivity contribution < 1.29 is 23.9 Å². The third-order valence-electron chi connectivity index (χ3n) is 5.34. The van der Waals surface area contributed by atoms with Gasteiger partial charge in [0, 0.05) is 23.8 Å². The fourth-order valence-corrected chi connectivity index (χ4v) is 3.48. The van der Waals surface area contributed by atoms with Crippen molar-refractivity contribution in [2.45, 2.75) is 32.7 Å². The van der Waals surface area contributed by atoms with Crippen molar-refractivity contribution in [2.24, 2.45) is 5.92 Å². The minimum absolute atomic E-state index is 0.0733. The van der Waals surface area contributed by atoms with Crippen LogP contribution in [-0.2, 0) is 4.79 Å². The lowest BCUT2D eigenvalue weighted by Crippen LogP contribution is -2.47. The van der Waals surface area contributed by atoms with Gasteiger partial charge in [0.15, 0.2) is 0 Å². The second kappa shape index (κ2) is 8.43. The van der Waals surface area contributed by atoms with Gasteiger partial charge in [0.05, 0.1) is 11.5 Å². The van der Waals surface area contributed by atoms with Crippen molar-refractivity contribution in [3.8, 4) is 0 Å². The summed E-state index contributed by atoms with van der Waals surface area (Å²) in [6.07, 6.45) is 1.16. The van der Waals surface area contributed by atoms with Gasteiger partial charge in [0.2, 0.25) is 0 Å². The number of benzene rings is 2. The first-order valence-electron chi connectivity index (χ1n) is 9.48. The molecule has 2 aromatic rings. The van der Waals surface area contributed by atoms with Crippen LogP contribution in [0, 0.1) is 18.7 Å². The van der Waals surface area contributed by atoms with E-state index in [4.69, 9.17) is 0 Å². The number of rotatable bonds is 4. The van der Waals surface area contributed by atoms with Gasteiger partial charge in [-0.2, -0.15) is 0 Å². The Balaban J connectivity index is 1.83. The van der Waals surface area contributed by atoms with E-state index in [1.54, 1.807) is 36.1 Å². The molecule has 0 aromatic heterocycles. The number of halogens is 1. The van der Waals surface area contributed by atoms with Gasteiger partial charge < -0.3 is 15.3 Å². The summed E-state index contributed by atoms with van der Waals surface area (Å²) in [4.78, 5) is 38.3. The number of hydrogen-bond acceptors (Lipinski definition) is 3. The molecular weight excluding hydrogens is 375 g/mol. The van der Waals surface area contributed by atoms with Gasteiger partial charge in [-0.1, -0.05) is 18.2 Å². The van der Waals surface area contributed by atoms with Crippen LogP contribution in [0.25, 0.3) is 0 Å². The maximum atomic E-state index is 13.9. The smallest absolute Gasteiger partial charge is 0.308 e. The molecule has 0 radical (unpaired) electrons. The zero-order chi connectivity index (χ0) is 21.1. The first-order chi connectivity index (χ1) is 13.8. The molecule has 7 heteroatoms.